The summed E-state index contributed by atoms with van der Waals surface area (Å²) < 4.78 is 0. The number of carbonyl (C=O) groups excluding carboxylic acids is 1. The van der Waals surface area contributed by atoms with Crippen molar-refractivity contribution in [2.45, 2.75) is 12.8 Å². The molecule has 0 radical (unpaired) electrons. The van der Waals surface area contributed by atoms with Gasteiger partial charge in [-0.1, -0.05) is 0 Å². The molecule has 0 spiro atoms. The Morgan fingerprint density at radius 1 is 1.62 bits per heavy atom. The summed E-state index contributed by atoms with van der Waals surface area (Å²) in [5.41, 5.74) is 1.76. The van der Waals surface area contributed by atoms with Gasteiger partial charge in [0.15, 0.2) is 0 Å². The van der Waals surface area contributed by atoms with Gasteiger partial charge >= 0.3 is 0 Å². The highest BCUT2D eigenvalue weighted by Gasteiger charge is 2.04. The van der Waals surface area contributed by atoms with E-state index in [2.05, 4.69) is 4.98 Å². The first kappa shape index (κ1) is 10.3. The van der Waals surface area contributed by atoms with E-state index in [1.165, 1.54) is 11.3 Å². The van der Waals surface area contributed by atoms with Gasteiger partial charge in [0, 0.05) is 30.5 Å². The number of Topliss-reactive ketones (excluding diaryl/α,β-unsaturated/α-hetero) is 1. The molecule has 0 N–H and O–H groups in total. The molecule has 72 valence electrons. The van der Waals surface area contributed by atoms with Crippen molar-refractivity contribution in [2.75, 3.05) is 20.6 Å². The van der Waals surface area contributed by atoms with Crippen LogP contribution in [0.5, 0.6) is 0 Å². The van der Waals surface area contributed by atoms with Crippen LogP contribution in [0.25, 0.3) is 0 Å². The second-order valence-corrected chi connectivity index (χ2v) is 4.21. The maximum absolute atomic E-state index is 11.4. The summed E-state index contributed by atoms with van der Waals surface area (Å²) in [5, 5.41) is 0. The standard InChI is InChI=1S/C9H14N2OS/c1-11(2)4-3-8(12)5-9-6-10-7-13-9/h6-7H,3-5H2,1-2H3. The SMILES string of the molecule is CN(C)CCC(=O)Cc1cncs1. The molecule has 3 nitrogen and oxygen atoms in total. The Labute approximate surface area is 82.4 Å². The van der Waals surface area contributed by atoms with Crippen LogP contribution in [-0.2, 0) is 11.2 Å². The number of rotatable bonds is 5. The Morgan fingerprint density at radius 3 is 2.92 bits per heavy atom. The van der Waals surface area contributed by atoms with Crippen molar-refractivity contribution in [3.05, 3.63) is 16.6 Å². The molecule has 0 aliphatic heterocycles. The van der Waals surface area contributed by atoms with Gasteiger partial charge in [-0.15, -0.1) is 11.3 Å². The minimum atomic E-state index is 0.290. The fourth-order valence-corrected chi connectivity index (χ4v) is 1.58. The predicted molar refractivity (Wildman–Crippen MR) is 54.0 cm³/mol. The van der Waals surface area contributed by atoms with Crippen LogP contribution in [-0.4, -0.2) is 36.3 Å². The molecule has 1 heterocycles. The zero-order valence-corrected chi connectivity index (χ0v) is 8.80. The van der Waals surface area contributed by atoms with Crippen LogP contribution in [0.15, 0.2) is 11.7 Å². The maximum Gasteiger partial charge on any atom is 0.139 e. The summed E-state index contributed by atoms with van der Waals surface area (Å²) in [6.45, 7) is 0.831. The van der Waals surface area contributed by atoms with Crippen LogP contribution >= 0.6 is 11.3 Å². The van der Waals surface area contributed by atoms with Crippen molar-refractivity contribution in [3.63, 3.8) is 0 Å². The summed E-state index contributed by atoms with van der Waals surface area (Å²) in [4.78, 5) is 18.4. The lowest BCUT2D eigenvalue weighted by molar-refractivity contribution is -0.118. The zero-order valence-electron chi connectivity index (χ0n) is 7.99. The van der Waals surface area contributed by atoms with E-state index < -0.39 is 0 Å². The molecule has 4 heteroatoms. The lowest BCUT2D eigenvalue weighted by Crippen LogP contribution is -2.17. The van der Waals surface area contributed by atoms with Crippen molar-refractivity contribution < 1.29 is 4.79 Å². The van der Waals surface area contributed by atoms with Crippen LogP contribution in [0.1, 0.15) is 11.3 Å². The second-order valence-electron chi connectivity index (χ2n) is 3.24. The Kier molecular flexibility index (Phi) is 4.05. The van der Waals surface area contributed by atoms with Crippen molar-refractivity contribution in [1.29, 1.82) is 0 Å². The van der Waals surface area contributed by atoms with Crippen molar-refractivity contribution in [1.82, 2.24) is 9.88 Å². The number of ketones is 1. The van der Waals surface area contributed by atoms with E-state index in [0.717, 1.165) is 11.4 Å². The Bertz CT molecular complexity index is 257. The van der Waals surface area contributed by atoms with Gasteiger partial charge in [-0.05, 0) is 14.1 Å². The van der Waals surface area contributed by atoms with E-state index >= 15 is 0 Å². The predicted octanol–water partition coefficient (Wildman–Crippen LogP) is 1.21. The molecule has 0 saturated heterocycles. The van der Waals surface area contributed by atoms with E-state index in [1.807, 2.05) is 19.0 Å². The number of hydrogen-bond donors (Lipinski definition) is 0. The van der Waals surface area contributed by atoms with Gasteiger partial charge in [-0.25, -0.2) is 0 Å². The average Bonchev–Trinajstić information content (AvgIpc) is 2.53. The molecule has 0 unspecified atom stereocenters. The first-order valence-electron chi connectivity index (χ1n) is 4.22. The molecule has 0 aliphatic rings. The van der Waals surface area contributed by atoms with Gasteiger partial charge in [0.25, 0.3) is 0 Å². The third-order valence-electron chi connectivity index (χ3n) is 1.69. The second kappa shape index (κ2) is 5.09. The topological polar surface area (TPSA) is 33.2 Å². The summed E-state index contributed by atoms with van der Waals surface area (Å²) in [7, 11) is 3.94. The number of thiazole rings is 1. The largest absolute Gasteiger partial charge is 0.309 e. The van der Waals surface area contributed by atoms with Gasteiger partial charge in [0.2, 0.25) is 0 Å². The molecule has 0 atom stereocenters. The minimum absolute atomic E-state index is 0.290. The van der Waals surface area contributed by atoms with Crippen LogP contribution in [0, 0.1) is 0 Å². The third-order valence-corrected chi connectivity index (χ3v) is 2.47. The van der Waals surface area contributed by atoms with Crippen LogP contribution in [0.2, 0.25) is 0 Å². The first-order valence-corrected chi connectivity index (χ1v) is 5.10. The Balaban J connectivity index is 2.26. The number of hydrogen-bond acceptors (Lipinski definition) is 4. The molecule has 1 aromatic rings. The van der Waals surface area contributed by atoms with E-state index in [4.69, 9.17) is 0 Å². The first-order chi connectivity index (χ1) is 6.18. The van der Waals surface area contributed by atoms with E-state index in [1.54, 1.807) is 11.7 Å². The van der Waals surface area contributed by atoms with Crippen molar-refractivity contribution >= 4 is 17.1 Å². The molecule has 0 fully saturated rings. The highest BCUT2D eigenvalue weighted by molar-refractivity contribution is 7.09. The van der Waals surface area contributed by atoms with Gasteiger partial charge < -0.3 is 4.90 Å². The van der Waals surface area contributed by atoms with E-state index in [-0.39, 0.29) is 5.78 Å². The normalized spacial score (nSPS) is 10.7. The summed E-state index contributed by atoms with van der Waals surface area (Å²) in [6, 6.07) is 0. The molecule has 1 rings (SSSR count). The molecule has 0 bridgehead atoms. The van der Waals surface area contributed by atoms with Crippen LogP contribution in [0.4, 0.5) is 0 Å². The van der Waals surface area contributed by atoms with Gasteiger partial charge in [-0.3, -0.25) is 9.78 Å². The monoisotopic (exact) mass is 198 g/mol. The van der Waals surface area contributed by atoms with Crippen LogP contribution < -0.4 is 0 Å². The highest BCUT2D eigenvalue weighted by Crippen LogP contribution is 2.07. The number of carbonyl (C=O) groups is 1. The van der Waals surface area contributed by atoms with Crippen molar-refractivity contribution in [2.24, 2.45) is 0 Å². The molecule has 0 aliphatic carbocycles. The number of aromatic nitrogens is 1. The quantitative estimate of drug-likeness (QED) is 0.713. The summed E-state index contributed by atoms with van der Waals surface area (Å²) in [6.07, 6.45) is 2.93. The zero-order chi connectivity index (χ0) is 9.68. The van der Waals surface area contributed by atoms with Gasteiger partial charge in [0.1, 0.15) is 5.78 Å². The summed E-state index contributed by atoms with van der Waals surface area (Å²) >= 11 is 1.54. The lowest BCUT2D eigenvalue weighted by atomic mass is 10.2. The molecule has 13 heavy (non-hydrogen) atoms. The fraction of sp³-hybridized carbons (Fsp3) is 0.556. The lowest BCUT2D eigenvalue weighted by Gasteiger charge is -2.07. The molecule has 0 amide bonds. The van der Waals surface area contributed by atoms with Crippen molar-refractivity contribution in [3.8, 4) is 0 Å². The molecule has 0 saturated carbocycles. The highest BCUT2D eigenvalue weighted by atomic mass is 32.1. The fourth-order valence-electron chi connectivity index (χ4n) is 0.960. The molecule has 0 aromatic carbocycles. The molecular weight excluding hydrogens is 184 g/mol. The van der Waals surface area contributed by atoms with Gasteiger partial charge in [0.05, 0.1) is 5.51 Å². The smallest absolute Gasteiger partial charge is 0.139 e. The third kappa shape index (κ3) is 4.15. The van der Waals surface area contributed by atoms with E-state index in [0.29, 0.717) is 12.8 Å². The maximum atomic E-state index is 11.4. The van der Waals surface area contributed by atoms with Crippen LogP contribution in [0.3, 0.4) is 0 Å². The van der Waals surface area contributed by atoms with Gasteiger partial charge in [-0.2, -0.15) is 0 Å². The number of nitrogens with zero attached hydrogens (tertiary/aromatic N) is 2. The Hall–Kier alpha value is -0.740. The van der Waals surface area contributed by atoms with E-state index in [9.17, 15) is 4.79 Å². The minimum Gasteiger partial charge on any atom is -0.309 e. The Morgan fingerprint density at radius 2 is 2.38 bits per heavy atom. The molecule has 1 aromatic heterocycles. The average molecular weight is 198 g/mol. The summed E-state index contributed by atoms with van der Waals surface area (Å²) in [5.74, 6) is 0.290. The molecular formula is C9H14N2OS.